The number of carbonyl (C=O) groups is 2. The van der Waals surface area contributed by atoms with Gasteiger partial charge in [-0.1, -0.05) is 25.1 Å². The summed E-state index contributed by atoms with van der Waals surface area (Å²) in [6.45, 7) is 6.25. The number of ether oxygens (including phenoxy) is 1. The molecular weight excluding hydrogens is 282 g/mol. The predicted octanol–water partition coefficient (Wildman–Crippen LogP) is 2.87. The molecule has 120 valence electrons. The van der Waals surface area contributed by atoms with Crippen LogP contribution < -0.4 is 5.32 Å². The summed E-state index contributed by atoms with van der Waals surface area (Å²) in [4.78, 5) is 22.5. The molecular formula is C17H23NO4. The molecule has 0 heterocycles. The van der Waals surface area contributed by atoms with Crippen LogP contribution in [0.5, 0.6) is 0 Å². The van der Waals surface area contributed by atoms with Crippen LogP contribution in [-0.2, 0) is 20.7 Å². The van der Waals surface area contributed by atoms with E-state index in [0.29, 0.717) is 38.2 Å². The smallest absolute Gasteiger partial charge is 0.306 e. The van der Waals surface area contributed by atoms with Crippen molar-refractivity contribution in [2.24, 2.45) is 5.92 Å². The molecule has 0 aliphatic rings. The quantitative estimate of drug-likeness (QED) is 0.515. The van der Waals surface area contributed by atoms with E-state index < -0.39 is 11.9 Å². The van der Waals surface area contributed by atoms with Crippen molar-refractivity contribution in [3.8, 4) is 0 Å². The fourth-order valence-electron chi connectivity index (χ4n) is 1.89. The molecule has 1 unspecified atom stereocenters. The van der Waals surface area contributed by atoms with Gasteiger partial charge in [0.2, 0.25) is 5.91 Å². The monoisotopic (exact) mass is 305 g/mol. The first-order valence-electron chi connectivity index (χ1n) is 7.33. The standard InChI is InChI=1S/C17H23NO4/c1-3-10-22-11-4-5-16(19)18-15-8-6-14(7-9-15)12-13(2)17(20)21/h3,6-9,13H,1,4-5,10-12H2,2H3,(H,18,19)(H,20,21). The van der Waals surface area contributed by atoms with Gasteiger partial charge in [-0.05, 0) is 30.5 Å². The van der Waals surface area contributed by atoms with E-state index in [1.165, 1.54) is 0 Å². The largest absolute Gasteiger partial charge is 0.481 e. The summed E-state index contributed by atoms with van der Waals surface area (Å²) in [5, 5.41) is 11.7. The van der Waals surface area contributed by atoms with Crippen LogP contribution in [0.4, 0.5) is 5.69 Å². The van der Waals surface area contributed by atoms with E-state index in [1.807, 2.05) is 12.1 Å². The lowest BCUT2D eigenvalue weighted by atomic mass is 10.0. The molecule has 0 fully saturated rings. The number of aliphatic carboxylic acids is 1. The highest BCUT2D eigenvalue weighted by Gasteiger charge is 2.11. The van der Waals surface area contributed by atoms with Crippen molar-refractivity contribution in [2.45, 2.75) is 26.2 Å². The van der Waals surface area contributed by atoms with Gasteiger partial charge in [0.1, 0.15) is 0 Å². The van der Waals surface area contributed by atoms with Crippen LogP contribution in [0.2, 0.25) is 0 Å². The average Bonchev–Trinajstić information content (AvgIpc) is 2.49. The summed E-state index contributed by atoms with van der Waals surface area (Å²) in [5.41, 5.74) is 1.65. The minimum atomic E-state index is -0.809. The normalized spacial score (nSPS) is 11.7. The molecule has 2 N–H and O–H groups in total. The number of amides is 1. The summed E-state index contributed by atoms with van der Waals surface area (Å²) < 4.78 is 5.21. The number of hydrogen-bond donors (Lipinski definition) is 2. The van der Waals surface area contributed by atoms with Gasteiger partial charge in [-0.2, -0.15) is 0 Å². The molecule has 0 aromatic heterocycles. The number of carbonyl (C=O) groups excluding carboxylic acids is 1. The van der Waals surface area contributed by atoms with E-state index in [1.54, 1.807) is 25.1 Å². The van der Waals surface area contributed by atoms with E-state index in [9.17, 15) is 9.59 Å². The highest BCUT2D eigenvalue weighted by molar-refractivity contribution is 5.90. The Labute approximate surface area is 131 Å². The fourth-order valence-corrected chi connectivity index (χ4v) is 1.89. The molecule has 5 nitrogen and oxygen atoms in total. The Morgan fingerprint density at radius 2 is 2.05 bits per heavy atom. The second-order valence-corrected chi connectivity index (χ2v) is 5.16. The number of benzene rings is 1. The maximum atomic E-state index is 11.7. The Morgan fingerprint density at radius 1 is 1.36 bits per heavy atom. The lowest BCUT2D eigenvalue weighted by Crippen LogP contribution is -2.13. The Hall–Kier alpha value is -2.14. The first-order valence-corrected chi connectivity index (χ1v) is 7.33. The number of carboxylic acids is 1. The van der Waals surface area contributed by atoms with E-state index in [2.05, 4.69) is 11.9 Å². The number of rotatable bonds is 10. The zero-order valence-electron chi connectivity index (χ0n) is 12.9. The summed E-state index contributed by atoms with van der Waals surface area (Å²) >= 11 is 0. The van der Waals surface area contributed by atoms with Crippen LogP contribution in [0, 0.1) is 5.92 Å². The minimum absolute atomic E-state index is 0.0612. The molecule has 1 aromatic rings. The molecule has 5 heteroatoms. The number of nitrogens with one attached hydrogen (secondary N) is 1. The predicted molar refractivity (Wildman–Crippen MR) is 85.8 cm³/mol. The molecule has 0 aliphatic carbocycles. The maximum Gasteiger partial charge on any atom is 0.306 e. The van der Waals surface area contributed by atoms with Gasteiger partial charge in [-0.3, -0.25) is 9.59 Å². The highest BCUT2D eigenvalue weighted by Crippen LogP contribution is 2.14. The third kappa shape index (κ3) is 7.04. The van der Waals surface area contributed by atoms with Crippen molar-refractivity contribution in [2.75, 3.05) is 18.5 Å². The highest BCUT2D eigenvalue weighted by atomic mass is 16.5. The van der Waals surface area contributed by atoms with Crippen LogP contribution in [0.15, 0.2) is 36.9 Å². The zero-order chi connectivity index (χ0) is 16.4. The number of carboxylic acid groups (broad SMARTS) is 1. The van der Waals surface area contributed by atoms with Crippen molar-refractivity contribution in [3.05, 3.63) is 42.5 Å². The van der Waals surface area contributed by atoms with Gasteiger partial charge in [0, 0.05) is 18.7 Å². The number of hydrogen-bond acceptors (Lipinski definition) is 3. The van der Waals surface area contributed by atoms with Crippen molar-refractivity contribution in [3.63, 3.8) is 0 Å². The molecule has 0 saturated heterocycles. The summed E-state index contributed by atoms with van der Waals surface area (Å²) in [5.74, 6) is -1.29. The zero-order valence-corrected chi connectivity index (χ0v) is 12.9. The third-order valence-corrected chi connectivity index (χ3v) is 3.13. The lowest BCUT2D eigenvalue weighted by molar-refractivity contribution is -0.141. The number of anilines is 1. The van der Waals surface area contributed by atoms with Crippen LogP contribution in [0.1, 0.15) is 25.3 Å². The van der Waals surface area contributed by atoms with Gasteiger partial charge in [0.25, 0.3) is 0 Å². The van der Waals surface area contributed by atoms with Crippen LogP contribution in [0.3, 0.4) is 0 Å². The van der Waals surface area contributed by atoms with Gasteiger partial charge in [0.15, 0.2) is 0 Å². The van der Waals surface area contributed by atoms with E-state index >= 15 is 0 Å². The van der Waals surface area contributed by atoms with Crippen LogP contribution in [-0.4, -0.2) is 30.2 Å². The Balaban J connectivity index is 2.35. The molecule has 1 atom stereocenters. The summed E-state index contributed by atoms with van der Waals surface area (Å²) in [6.07, 6.45) is 3.21. The van der Waals surface area contributed by atoms with Crippen molar-refractivity contribution in [1.29, 1.82) is 0 Å². The van der Waals surface area contributed by atoms with E-state index in [0.717, 1.165) is 5.56 Å². The summed E-state index contributed by atoms with van der Waals surface area (Å²) in [6, 6.07) is 7.25. The molecule has 22 heavy (non-hydrogen) atoms. The Kier molecular flexibility index (Phi) is 7.92. The minimum Gasteiger partial charge on any atom is -0.481 e. The molecule has 0 saturated carbocycles. The molecule has 1 amide bonds. The SMILES string of the molecule is C=CCOCCCC(=O)Nc1ccc(CC(C)C(=O)O)cc1. The first-order chi connectivity index (χ1) is 10.5. The summed E-state index contributed by atoms with van der Waals surface area (Å²) in [7, 11) is 0. The van der Waals surface area contributed by atoms with Gasteiger partial charge in [-0.15, -0.1) is 6.58 Å². The third-order valence-electron chi connectivity index (χ3n) is 3.13. The van der Waals surface area contributed by atoms with Crippen LogP contribution in [0.25, 0.3) is 0 Å². The lowest BCUT2D eigenvalue weighted by Gasteiger charge is -2.08. The van der Waals surface area contributed by atoms with Gasteiger partial charge >= 0.3 is 5.97 Å². The Bertz CT molecular complexity index is 496. The molecule has 1 aromatic carbocycles. The van der Waals surface area contributed by atoms with Crippen LogP contribution >= 0.6 is 0 Å². The van der Waals surface area contributed by atoms with E-state index in [4.69, 9.17) is 9.84 Å². The van der Waals surface area contributed by atoms with Crippen molar-refractivity contribution in [1.82, 2.24) is 0 Å². The molecule has 1 rings (SSSR count). The fraction of sp³-hybridized carbons (Fsp3) is 0.412. The average molecular weight is 305 g/mol. The molecule has 0 spiro atoms. The van der Waals surface area contributed by atoms with Gasteiger partial charge < -0.3 is 15.2 Å². The first kappa shape index (κ1) is 17.9. The maximum absolute atomic E-state index is 11.7. The molecule has 0 aliphatic heterocycles. The van der Waals surface area contributed by atoms with Crippen molar-refractivity contribution < 1.29 is 19.4 Å². The van der Waals surface area contributed by atoms with Gasteiger partial charge in [-0.25, -0.2) is 0 Å². The Morgan fingerprint density at radius 3 is 2.64 bits per heavy atom. The van der Waals surface area contributed by atoms with Gasteiger partial charge in [0.05, 0.1) is 12.5 Å². The second-order valence-electron chi connectivity index (χ2n) is 5.16. The molecule has 0 bridgehead atoms. The second kappa shape index (κ2) is 9.73. The topological polar surface area (TPSA) is 75.6 Å². The molecule has 0 radical (unpaired) electrons. The van der Waals surface area contributed by atoms with Crippen molar-refractivity contribution >= 4 is 17.6 Å². The van der Waals surface area contributed by atoms with E-state index in [-0.39, 0.29) is 5.91 Å².